The first-order chi connectivity index (χ1) is 29.2. The van der Waals surface area contributed by atoms with E-state index in [2.05, 4.69) is 43.2 Å². The number of hydroxylamine groups is 1. The number of nitrogens with one attached hydrogen (secondary N) is 4. The molecule has 0 aliphatic carbocycles. The summed E-state index contributed by atoms with van der Waals surface area (Å²) in [6.45, 7) is 2.63. The fourth-order valence-corrected chi connectivity index (χ4v) is 7.22. The Morgan fingerprint density at radius 3 is 2.13 bits per heavy atom. The number of unbranched alkanes of at least 4 members (excludes halogenated alkanes) is 2. The van der Waals surface area contributed by atoms with Crippen LogP contribution in [0.25, 0.3) is 33.6 Å². The van der Waals surface area contributed by atoms with Crippen LogP contribution >= 0.6 is 11.6 Å². The second-order valence-corrected chi connectivity index (χ2v) is 14.7. The molecule has 2 heterocycles. The number of carboxylic acid groups (broad SMARTS) is 1. The number of benzene rings is 4. The number of aryl methyl sites for hydroxylation is 1. The molecule has 0 fully saturated rings. The molecule has 1 unspecified atom stereocenters. The molecule has 0 radical (unpaired) electrons. The predicted octanol–water partition coefficient (Wildman–Crippen LogP) is 6.28. The van der Waals surface area contributed by atoms with Crippen LogP contribution in [0.5, 0.6) is 0 Å². The minimum Gasteiger partial charge on any atom is -0.480 e. The minimum atomic E-state index is -1.38. The van der Waals surface area contributed by atoms with Crippen molar-refractivity contribution < 1.29 is 29.5 Å². The molecule has 2 atom stereocenters. The molecule has 0 saturated heterocycles. The van der Waals surface area contributed by atoms with Crippen molar-refractivity contribution in [3.63, 3.8) is 0 Å². The number of halogens is 1. The molecule has 2 aromatic heterocycles. The Morgan fingerprint density at radius 1 is 0.800 bits per heavy atom. The average Bonchev–Trinajstić information content (AvgIpc) is 3.92. The van der Waals surface area contributed by atoms with Gasteiger partial charge in [-0.15, -0.1) is 5.10 Å². The molecular weight excluding hydrogens is 786 g/mol. The number of amides is 3. The highest BCUT2D eigenvalue weighted by molar-refractivity contribution is 6.32. The first kappa shape index (κ1) is 42.9. The van der Waals surface area contributed by atoms with E-state index in [0.29, 0.717) is 43.0 Å². The first-order valence-corrected chi connectivity index (χ1v) is 20.1. The summed E-state index contributed by atoms with van der Waals surface area (Å²) < 4.78 is 1.84. The molecule has 0 saturated carbocycles. The number of aliphatic carboxylic acids is 1. The zero-order valence-corrected chi connectivity index (χ0v) is 33.7. The molecule has 0 spiro atoms. The Labute approximate surface area is 351 Å². The number of hydrogen-bond donors (Lipinski definition) is 6. The van der Waals surface area contributed by atoms with E-state index in [1.165, 1.54) is 5.48 Å². The van der Waals surface area contributed by atoms with Gasteiger partial charge >= 0.3 is 5.97 Å². The maximum absolute atomic E-state index is 13.6. The molecule has 6 N–H and O–H groups in total. The molecule has 0 aliphatic rings. The molecule has 15 nitrogen and oxygen atoms in total. The molecule has 6 aromatic rings. The molecule has 60 heavy (non-hydrogen) atoms. The van der Waals surface area contributed by atoms with Crippen LogP contribution in [0.2, 0.25) is 5.15 Å². The number of imidazole rings is 1. The van der Waals surface area contributed by atoms with E-state index in [-0.39, 0.29) is 30.2 Å². The van der Waals surface area contributed by atoms with E-state index in [4.69, 9.17) is 11.6 Å². The third kappa shape index (κ3) is 10.9. The van der Waals surface area contributed by atoms with Crippen LogP contribution in [-0.2, 0) is 33.8 Å². The van der Waals surface area contributed by atoms with Crippen molar-refractivity contribution in [2.75, 3.05) is 6.54 Å². The van der Waals surface area contributed by atoms with E-state index >= 15 is 0 Å². The predicted molar refractivity (Wildman–Crippen MR) is 225 cm³/mol. The van der Waals surface area contributed by atoms with Crippen molar-refractivity contribution in [1.29, 1.82) is 0 Å². The minimum absolute atomic E-state index is 0.0335. The Balaban J connectivity index is 1.05. The summed E-state index contributed by atoms with van der Waals surface area (Å²) in [5.41, 5.74) is 8.06. The fourth-order valence-electron chi connectivity index (χ4n) is 6.94. The van der Waals surface area contributed by atoms with E-state index < -0.39 is 35.7 Å². The van der Waals surface area contributed by atoms with E-state index in [0.717, 1.165) is 46.2 Å². The SMILES string of the molecule is CCCCc1nc(Cl)c(C(=O)NCCCC[C@H](NC(=O)C(Cc2ccc(-c3ccccc3)cc2)C(=O)NO)C(=O)O)n1Cc1ccc(-c2ccccc2-c2nnn[nH]2)cc1. The number of hydrogen-bond acceptors (Lipinski definition) is 9. The molecule has 4 aromatic carbocycles. The lowest BCUT2D eigenvalue weighted by molar-refractivity contribution is -0.146. The highest BCUT2D eigenvalue weighted by atomic mass is 35.5. The van der Waals surface area contributed by atoms with Gasteiger partial charge in [-0.05, 0) is 75.9 Å². The Bertz CT molecular complexity index is 2370. The van der Waals surface area contributed by atoms with Crippen LogP contribution in [0, 0.1) is 5.92 Å². The summed E-state index contributed by atoms with van der Waals surface area (Å²) in [4.78, 5) is 56.2. The number of tetrazole rings is 1. The molecular formula is C44H46ClN9O6. The lowest BCUT2D eigenvalue weighted by Crippen LogP contribution is -2.48. The fraction of sp³-hybridized carbons (Fsp3) is 0.273. The molecule has 0 bridgehead atoms. The van der Waals surface area contributed by atoms with Crippen LogP contribution in [-0.4, -0.2) is 76.8 Å². The smallest absolute Gasteiger partial charge is 0.326 e. The molecule has 3 amide bonds. The van der Waals surface area contributed by atoms with Crippen molar-refractivity contribution in [3.05, 3.63) is 131 Å². The average molecular weight is 832 g/mol. The van der Waals surface area contributed by atoms with Gasteiger partial charge in [0.15, 0.2) is 11.0 Å². The maximum atomic E-state index is 13.6. The van der Waals surface area contributed by atoms with Gasteiger partial charge in [-0.3, -0.25) is 19.6 Å². The van der Waals surface area contributed by atoms with Gasteiger partial charge in [-0.2, -0.15) is 0 Å². The number of aromatic amines is 1. The molecule has 0 aliphatic heterocycles. The third-order valence-corrected chi connectivity index (χ3v) is 10.4. The van der Waals surface area contributed by atoms with Crippen LogP contribution in [0.3, 0.4) is 0 Å². The second kappa shape index (κ2) is 20.8. The Kier molecular flexibility index (Phi) is 14.9. The van der Waals surface area contributed by atoms with Crippen molar-refractivity contribution in [2.24, 2.45) is 5.92 Å². The highest BCUT2D eigenvalue weighted by Crippen LogP contribution is 2.30. The van der Waals surface area contributed by atoms with Crippen LogP contribution < -0.4 is 16.1 Å². The van der Waals surface area contributed by atoms with Crippen LogP contribution in [0.4, 0.5) is 0 Å². The van der Waals surface area contributed by atoms with Crippen molar-refractivity contribution >= 4 is 35.3 Å². The zero-order valence-electron chi connectivity index (χ0n) is 33.0. The number of carbonyl (C=O) groups excluding carboxylic acids is 3. The van der Waals surface area contributed by atoms with E-state index in [9.17, 15) is 29.5 Å². The second-order valence-electron chi connectivity index (χ2n) is 14.3. The summed E-state index contributed by atoms with van der Waals surface area (Å²) in [5, 5.41) is 39.0. The number of H-pyrrole nitrogens is 1. The monoisotopic (exact) mass is 831 g/mol. The van der Waals surface area contributed by atoms with Crippen molar-refractivity contribution in [1.82, 2.24) is 46.3 Å². The first-order valence-electron chi connectivity index (χ1n) is 19.7. The van der Waals surface area contributed by atoms with Crippen molar-refractivity contribution in [3.8, 4) is 33.6 Å². The number of rotatable bonds is 20. The summed E-state index contributed by atoms with van der Waals surface area (Å²) in [5.74, 6) is -3.61. The standard InChI is InChI=1S/C44H46ClN9O6/c1-2-3-16-37-48-39(45)38(54(37)27-29-19-23-32(24-20-29)33-13-7-8-14-34(33)40-49-52-53-50-40)43(57)46-25-10-9-15-36(44(58)59)47-41(55)35(42(56)51-60)26-28-17-21-31(22-18-28)30-11-5-4-6-12-30/h4-8,11-14,17-24,35-36,60H,2-3,9-10,15-16,25-27H2,1H3,(H,46,57)(H,47,55)(H,51,56)(H,58,59)(H,49,50,52,53)/t35?,36-/m0/s1. The zero-order chi connectivity index (χ0) is 42.4. The summed E-state index contributed by atoms with van der Waals surface area (Å²) in [6.07, 6.45) is 3.10. The lowest BCUT2D eigenvalue weighted by Gasteiger charge is -2.19. The Hall–Kier alpha value is -6.71. The Morgan fingerprint density at radius 2 is 1.47 bits per heavy atom. The normalized spacial score (nSPS) is 12.1. The maximum Gasteiger partial charge on any atom is 0.326 e. The van der Waals surface area contributed by atoms with Gasteiger partial charge in [0.1, 0.15) is 23.5 Å². The summed E-state index contributed by atoms with van der Waals surface area (Å²) in [6, 6.07) is 31.5. The number of carboxylic acids is 1. The van der Waals surface area contributed by atoms with Crippen LogP contribution in [0.15, 0.2) is 103 Å². The van der Waals surface area contributed by atoms with E-state index in [1.807, 2.05) is 95.6 Å². The number of aromatic nitrogens is 6. The topological polar surface area (TPSA) is 217 Å². The molecule has 6 rings (SSSR count). The number of nitrogens with zero attached hydrogens (tertiary/aromatic N) is 5. The largest absolute Gasteiger partial charge is 0.480 e. The quantitative estimate of drug-likeness (QED) is 0.0219. The van der Waals surface area contributed by atoms with Gasteiger partial charge in [-0.25, -0.2) is 20.4 Å². The van der Waals surface area contributed by atoms with Gasteiger partial charge in [0, 0.05) is 25.1 Å². The lowest BCUT2D eigenvalue weighted by atomic mass is 9.95. The highest BCUT2D eigenvalue weighted by Gasteiger charge is 2.31. The van der Waals surface area contributed by atoms with Gasteiger partial charge in [0.2, 0.25) is 5.91 Å². The third-order valence-electron chi connectivity index (χ3n) is 10.2. The van der Waals surface area contributed by atoms with Crippen molar-refractivity contribution in [2.45, 2.75) is 64.5 Å². The van der Waals surface area contributed by atoms with Crippen LogP contribution in [0.1, 0.15) is 66.5 Å². The van der Waals surface area contributed by atoms with Gasteiger partial charge in [0.25, 0.3) is 11.8 Å². The number of carbonyl (C=O) groups is 4. The van der Waals surface area contributed by atoms with Gasteiger partial charge < -0.3 is 20.3 Å². The van der Waals surface area contributed by atoms with E-state index in [1.54, 1.807) is 12.1 Å². The summed E-state index contributed by atoms with van der Waals surface area (Å²) >= 11 is 6.61. The molecule has 16 heteroatoms. The van der Waals surface area contributed by atoms with Gasteiger partial charge in [-0.1, -0.05) is 128 Å². The summed E-state index contributed by atoms with van der Waals surface area (Å²) in [7, 11) is 0. The molecule has 310 valence electrons. The van der Waals surface area contributed by atoms with Gasteiger partial charge in [0.05, 0.1) is 0 Å².